The van der Waals surface area contributed by atoms with Gasteiger partial charge in [-0.3, -0.25) is 9.89 Å². The smallest absolute Gasteiger partial charge is 0.329 e. The van der Waals surface area contributed by atoms with Gasteiger partial charge in [0.2, 0.25) is 0 Å². The Bertz CT molecular complexity index is 447. The number of rotatable bonds is 3. The monoisotopic (exact) mass is 237 g/mol. The number of aromatic nitrogens is 2. The number of carbonyl (C=O) groups excluding carboxylic acids is 1. The second-order valence-corrected chi connectivity index (χ2v) is 4.46. The second-order valence-electron chi connectivity index (χ2n) is 4.46. The number of nitrogens with one attached hydrogen (secondary N) is 2. The summed E-state index contributed by atoms with van der Waals surface area (Å²) in [6.45, 7) is 1.73. The molecule has 92 valence electrons. The Morgan fingerprint density at radius 2 is 2.12 bits per heavy atom. The van der Waals surface area contributed by atoms with Gasteiger partial charge in [0.05, 0.1) is 11.8 Å². The number of carbonyl (C=O) groups is 2. The van der Waals surface area contributed by atoms with Gasteiger partial charge in [0, 0.05) is 5.69 Å². The van der Waals surface area contributed by atoms with Crippen LogP contribution in [-0.4, -0.2) is 32.7 Å². The Hall–Kier alpha value is -1.85. The van der Waals surface area contributed by atoms with Crippen molar-refractivity contribution in [1.29, 1.82) is 0 Å². The molecule has 0 radical (unpaired) electrons. The number of H-pyrrole nitrogens is 1. The molecular formula is C11H15N3O3. The molecule has 1 aromatic rings. The van der Waals surface area contributed by atoms with E-state index in [0.29, 0.717) is 24.1 Å². The largest absolute Gasteiger partial charge is 0.480 e. The number of amides is 1. The summed E-state index contributed by atoms with van der Waals surface area (Å²) in [5, 5.41) is 18.3. The Kier molecular flexibility index (Phi) is 2.87. The maximum Gasteiger partial charge on any atom is 0.329 e. The van der Waals surface area contributed by atoms with E-state index in [2.05, 4.69) is 15.5 Å². The fourth-order valence-electron chi connectivity index (χ4n) is 2.24. The summed E-state index contributed by atoms with van der Waals surface area (Å²) in [5.74, 6) is -1.33. The minimum absolute atomic E-state index is 0.374. The van der Waals surface area contributed by atoms with E-state index < -0.39 is 11.5 Å². The molecule has 1 aliphatic rings. The van der Waals surface area contributed by atoms with Gasteiger partial charge < -0.3 is 10.4 Å². The van der Waals surface area contributed by atoms with E-state index in [4.69, 9.17) is 0 Å². The summed E-state index contributed by atoms with van der Waals surface area (Å²) in [6, 6.07) is 0. The molecule has 0 aliphatic heterocycles. The molecular weight excluding hydrogens is 222 g/mol. The minimum atomic E-state index is -1.10. The molecule has 0 unspecified atom stereocenters. The fourth-order valence-corrected chi connectivity index (χ4v) is 2.24. The lowest BCUT2D eigenvalue weighted by molar-refractivity contribution is -0.144. The molecule has 2 rings (SSSR count). The zero-order valence-corrected chi connectivity index (χ0v) is 9.62. The van der Waals surface area contributed by atoms with Crippen molar-refractivity contribution >= 4 is 11.9 Å². The van der Waals surface area contributed by atoms with Crippen molar-refractivity contribution in [1.82, 2.24) is 15.5 Å². The van der Waals surface area contributed by atoms with Crippen LogP contribution in [0.15, 0.2) is 6.20 Å². The summed E-state index contributed by atoms with van der Waals surface area (Å²) in [6.07, 6.45) is 4.05. The first kappa shape index (κ1) is 11.6. The number of hydrogen-bond acceptors (Lipinski definition) is 3. The van der Waals surface area contributed by atoms with Gasteiger partial charge in [-0.25, -0.2) is 4.79 Å². The van der Waals surface area contributed by atoms with E-state index in [1.165, 1.54) is 6.20 Å². The molecule has 6 nitrogen and oxygen atoms in total. The van der Waals surface area contributed by atoms with Gasteiger partial charge in [-0.05, 0) is 19.8 Å². The van der Waals surface area contributed by atoms with Crippen LogP contribution in [0.25, 0.3) is 0 Å². The summed E-state index contributed by atoms with van der Waals surface area (Å²) in [4.78, 5) is 23.2. The highest BCUT2D eigenvalue weighted by Crippen LogP contribution is 2.30. The quantitative estimate of drug-likeness (QED) is 0.726. The minimum Gasteiger partial charge on any atom is -0.480 e. The standard InChI is InChI=1S/C11H15N3O3/c1-7-8(6-12-14-7)9(15)13-11(10(16)17)4-2-3-5-11/h6H,2-5H2,1H3,(H,12,14)(H,13,15)(H,16,17). The van der Waals surface area contributed by atoms with Crippen molar-refractivity contribution in [2.24, 2.45) is 0 Å². The lowest BCUT2D eigenvalue weighted by atomic mass is 9.97. The van der Waals surface area contributed by atoms with E-state index >= 15 is 0 Å². The number of hydrogen-bond donors (Lipinski definition) is 3. The summed E-state index contributed by atoms with van der Waals surface area (Å²) in [5.41, 5.74) is -0.0561. The lowest BCUT2D eigenvalue weighted by Gasteiger charge is -2.25. The number of aryl methyl sites for hydroxylation is 1. The third kappa shape index (κ3) is 2.02. The van der Waals surface area contributed by atoms with Gasteiger partial charge in [0.1, 0.15) is 5.54 Å². The number of aliphatic carboxylic acids is 1. The summed E-state index contributed by atoms with van der Waals surface area (Å²) >= 11 is 0. The van der Waals surface area contributed by atoms with Crippen LogP contribution in [0, 0.1) is 6.92 Å². The van der Waals surface area contributed by atoms with Crippen molar-refractivity contribution in [2.45, 2.75) is 38.1 Å². The first-order chi connectivity index (χ1) is 8.05. The van der Waals surface area contributed by atoms with E-state index in [-0.39, 0.29) is 5.91 Å². The Labute approximate surface area is 98.4 Å². The van der Waals surface area contributed by atoms with Crippen LogP contribution in [0.5, 0.6) is 0 Å². The first-order valence-corrected chi connectivity index (χ1v) is 5.61. The van der Waals surface area contributed by atoms with Crippen LogP contribution in [0.3, 0.4) is 0 Å². The van der Waals surface area contributed by atoms with Crippen LogP contribution >= 0.6 is 0 Å². The molecule has 1 aliphatic carbocycles. The van der Waals surface area contributed by atoms with Crippen LogP contribution in [0.2, 0.25) is 0 Å². The maximum absolute atomic E-state index is 12.0. The Morgan fingerprint density at radius 1 is 1.47 bits per heavy atom. The van der Waals surface area contributed by atoms with Gasteiger partial charge >= 0.3 is 5.97 Å². The van der Waals surface area contributed by atoms with Gasteiger partial charge in [0.15, 0.2) is 0 Å². The van der Waals surface area contributed by atoms with Crippen LogP contribution in [0.4, 0.5) is 0 Å². The number of aromatic amines is 1. The average molecular weight is 237 g/mol. The zero-order chi connectivity index (χ0) is 12.5. The molecule has 1 fully saturated rings. The molecule has 1 heterocycles. The molecule has 0 aromatic carbocycles. The molecule has 17 heavy (non-hydrogen) atoms. The molecule has 0 spiro atoms. The molecule has 0 saturated heterocycles. The topological polar surface area (TPSA) is 95.1 Å². The number of carboxylic acids is 1. The van der Waals surface area contributed by atoms with E-state index in [0.717, 1.165) is 12.8 Å². The molecule has 0 bridgehead atoms. The second kappa shape index (κ2) is 4.20. The zero-order valence-electron chi connectivity index (χ0n) is 9.62. The van der Waals surface area contributed by atoms with Crippen molar-refractivity contribution < 1.29 is 14.7 Å². The summed E-state index contributed by atoms with van der Waals surface area (Å²) in [7, 11) is 0. The van der Waals surface area contributed by atoms with Crippen molar-refractivity contribution in [3.05, 3.63) is 17.5 Å². The number of nitrogens with zero attached hydrogens (tertiary/aromatic N) is 1. The first-order valence-electron chi connectivity index (χ1n) is 5.61. The molecule has 1 aromatic heterocycles. The fraction of sp³-hybridized carbons (Fsp3) is 0.545. The normalized spacial score (nSPS) is 17.9. The van der Waals surface area contributed by atoms with Crippen molar-refractivity contribution in [3.63, 3.8) is 0 Å². The Morgan fingerprint density at radius 3 is 2.59 bits per heavy atom. The maximum atomic E-state index is 12.0. The predicted octanol–water partition coefficient (Wildman–Crippen LogP) is 0.845. The van der Waals surface area contributed by atoms with E-state index in [1.54, 1.807) is 6.92 Å². The molecule has 6 heteroatoms. The van der Waals surface area contributed by atoms with E-state index in [9.17, 15) is 14.7 Å². The highest BCUT2D eigenvalue weighted by molar-refractivity contribution is 5.98. The van der Waals surface area contributed by atoms with Crippen LogP contribution in [0.1, 0.15) is 41.7 Å². The number of carboxylic acid groups (broad SMARTS) is 1. The highest BCUT2D eigenvalue weighted by Gasteiger charge is 2.42. The predicted molar refractivity (Wildman–Crippen MR) is 59.6 cm³/mol. The van der Waals surface area contributed by atoms with Crippen LogP contribution in [-0.2, 0) is 4.79 Å². The summed E-state index contributed by atoms with van der Waals surface area (Å²) < 4.78 is 0. The third-order valence-electron chi connectivity index (χ3n) is 3.29. The molecule has 1 amide bonds. The SMILES string of the molecule is Cc1[nH]ncc1C(=O)NC1(C(=O)O)CCCC1. The van der Waals surface area contributed by atoms with Gasteiger partial charge in [0.25, 0.3) is 5.91 Å². The van der Waals surface area contributed by atoms with Gasteiger partial charge in [-0.1, -0.05) is 12.8 Å². The molecule has 1 saturated carbocycles. The average Bonchev–Trinajstić information content (AvgIpc) is 2.87. The van der Waals surface area contributed by atoms with Crippen molar-refractivity contribution in [2.75, 3.05) is 0 Å². The Balaban J connectivity index is 2.17. The van der Waals surface area contributed by atoms with Crippen LogP contribution < -0.4 is 5.32 Å². The third-order valence-corrected chi connectivity index (χ3v) is 3.29. The highest BCUT2D eigenvalue weighted by atomic mass is 16.4. The van der Waals surface area contributed by atoms with Crippen molar-refractivity contribution in [3.8, 4) is 0 Å². The molecule has 3 N–H and O–H groups in total. The lowest BCUT2D eigenvalue weighted by Crippen LogP contribution is -2.52. The molecule has 0 atom stereocenters. The van der Waals surface area contributed by atoms with E-state index in [1.807, 2.05) is 0 Å². The van der Waals surface area contributed by atoms with Gasteiger partial charge in [-0.2, -0.15) is 5.10 Å². The van der Waals surface area contributed by atoms with Gasteiger partial charge in [-0.15, -0.1) is 0 Å².